The number of hydrogen-bond donors (Lipinski definition) is 1. The number of benzene rings is 2. The number of aryl methyl sites for hydroxylation is 1. The molecule has 1 atom stereocenters. The largest absolute Gasteiger partial charge is 0.482 e. The van der Waals surface area contributed by atoms with Gasteiger partial charge >= 0.3 is 5.97 Å². The summed E-state index contributed by atoms with van der Waals surface area (Å²) in [6, 6.07) is 15.0. The second kappa shape index (κ2) is 9.97. The fourth-order valence-corrected chi connectivity index (χ4v) is 2.53. The van der Waals surface area contributed by atoms with Crippen LogP contribution >= 0.6 is 15.9 Å². The molecule has 0 aliphatic rings. The van der Waals surface area contributed by atoms with Crippen molar-refractivity contribution in [3.8, 4) is 5.75 Å². The van der Waals surface area contributed by atoms with Crippen LogP contribution in [0.1, 0.15) is 31.0 Å². The molecule has 0 aromatic heterocycles. The number of nitrogens with one attached hydrogen (secondary N) is 1. The van der Waals surface area contributed by atoms with E-state index >= 15 is 0 Å². The highest BCUT2D eigenvalue weighted by Gasteiger charge is 2.12. The summed E-state index contributed by atoms with van der Waals surface area (Å²) < 4.78 is 11.3. The van der Waals surface area contributed by atoms with E-state index in [9.17, 15) is 9.59 Å². The van der Waals surface area contributed by atoms with Crippen molar-refractivity contribution in [2.75, 3.05) is 13.2 Å². The summed E-state index contributed by atoms with van der Waals surface area (Å²) in [6.45, 7) is 3.36. The number of carbonyl (C=O) groups is 2. The van der Waals surface area contributed by atoms with Crippen molar-refractivity contribution in [1.82, 2.24) is 5.32 Å². The maximum absolute atomic E-state index is 11.9. The molecule has 0 saturated heterocycles. The molecule has 0 spiro atoms. The van der Waals surface area contributed by atoms with Crippen LogP contribution in [-0.4, -0.2) is 25.1 Å². The van der Waals surface area contributed by atoms with Gasteiger partial charge in [-0.15, -0.1) is 0 Å². The minimum absolute atomic E-state index is 0.178. The summed E-state index contributed by atoms with van der Waals surface area (Å²) in [5.41, 5.74) is 2.16. The van der Waals surface area contributed by atoms with E-state index in [2.05, 4.69) is 28.2 Å². The van der Waals surface area contributed by atoms with Crippen LogP contribution in [0.4, 0.5) is 0 Å². The predicted molar refractivity (Wildman–Crippen MR) is 103 cm³/mol. The Kier molecular flexibility index (Phi) is 7.66. The van der Waals surface area contributed by atoms with Crippen LogP contribution in [0.5, 0.6) is 5.75 Å². The Morgan fingerprint density at radius 2 is 1.69 bits per heavy atom. The van der Waals surface area contributed by atoms with E-state index in [-0.39, 0.29) is 25.2 Å². The molecule has 0 radical (unpaired) electrons. The normalized spacial score (nSPS) is 11.5. The molecule has 0 unspecified atom stereocenters. The average Bonchev–Trinajstić information content (AvgIpc) is 2.65. The van der Waals surface area contributed by atoms with Crippen molar-refractivity contribution in [2.24, 2.45) is 0 Å². The molecular formula is C20H22BrNO4. The van der Waals surface area contributed by atoms with E-state index in [1.165, 1.54) is 5.56 Å². The van der Waals surface area contributed by atoms with E-state index in [0.717, 1.165) is 16.5 Å². The van der Waals surface area contributed by atoms with Crippen LogP contribution in [0, 0.1) is 0 Å². The Labute approximate surface area is 161 Å². The van der Waals surface area contributed by atoms with Crippen molar-refractivity contribution in [2.45, 2.75) is 26.3 Å². The molecular weight excluding hydrogens is 398 g/mol. The molecule has 138 valence electrons. The SMILES string of the molecule is CCc1ccc(OCC(=O)OCC(=O)N[C@H](C)c2ccc(Br)cc2)cc1. The zero-order chi connectivity index (χ0) is 18.9. The van der Waals surface area contributed by atoms with Crippen molar-refractivity contribution in [1.29, 1.82) is 0 Å². The summed E-state index contributed by atoms with van der Waals surface area (Å²) >= 11 is 3.37. The molecule has 0 heterocycles. The Balaban J connectivity index is 1.70. The molecule has 0 bridgehead atoms. The third kappa shape index (κ3) is 6.52. The zero-order valence-corrected chi connectivity index (χ0v) is 16.4. The summed E-state index contributed by atoms with van der Waals surface area (Å²) in [7, 11) is 0. The van der Waals surface area contributed by atoms with Crippen molar-refractivity contribution in [3.63, 3.8) is 0 Å². The van der Waals surface area contributed by atoms with Crippen LogP contribution in [0.25, 0.3) is 0 Å². The van der Waals surface area contributed by atoms with E-state index in [1.54, 1.807) is 12.1 Å². The van der Waals surface area contributed by atoms with Crippen molar-refractivity contribution >= 4 is 27.8 Å². The van der Waals surface area contributed by atoms with Gasteiger partial charge in [-0.25, -0.2) is 4.79 Å². The Bertz CT molecular complexity index is 728. The second-order valence-corrected chi connectivity index (χ2v) is 6.70. The molecule has 1 N–H and O–H groups in total. The highest BCUT2D eigenvalue weighted by Crippen LogP contribution is 2.16. The van der Waals surface area contributed by atoms with Crippen LogP contribution in [-0.2, 0) is 20.7 Å². The lowest BCUT2D eigenvalue weighted by atomic mass is 10.1. The molecule has 2 rings (SSSR count). The topological polar surface area (TPSA) is 64.6 Å². The van der Waals surface area contributed by atoms with Crippen molar-refractivity contribution < 1.29 is 19.1 Å². The van der Waals surface area contributed by atoms with Gasteiger partial charge in [-0.1, -0.05) is 47.1 Å². The molecule has 0 fully saturated rings. The fraction of sp³-hybridized carbons (Fsp3) is 0.300. The molecule has 0 saturated carbocycles. The van der Waals surface area contributed by atoms with E-state index in [4.69, 9.17) is 9.47 Å². The molecule has 0 aliphatic carbocycles. The third-order valence-electron chi connectivity index (χ3n) is 3.80. The molecule has 6 heteroatoms. The number of hydrogen-bond acceptors (Lipinski definition) is 4. The minimum atomic E-state index is -0.587. The zero-order valence-electron chi connectivity index (χ0n) is 14.8. The Hall–Kier alpha value is -2.34. The summed E-state index contributed by atoms with van der Waals surface area (Å²) in [6.07, 6.45) is 0.941. The molecule has 2 aromatic rings. The van der Waals surface area contributed by atoms with E-state index in [0.29, 0.717) is 5.75 Å². The lowest BCUT2D eigenvalue weighted by Gasteiger charge is -2.14. The van der Waals surface area contributed by atoms with Crippen LogP contribution in [0.15, 0.2) is 53.0 Å². The number of halogens is 1. The number of rotatable bonds is 8. The summed E-state index contributed by atoms with van der Waals surface area (Å²) in [4.78, 5) is 23.6. The monoisotopic (exact) mass is 419 g/mol. The summed E-state index contributed by atoms with van der Waals surface area (Å²) in [5.74, 6) is -0.357. The van der Waals surface area contributed by atoms with Gasteiger partial charge < -0.3 is 14.8 Å². The number of esters is 1. The van der Waals surface area contributed by atoms with Gasteiger partial charge in [-0.2, -0.15) is 0 Å². The van der Waals surface area contributed by atoms with Crippen LogP contribution in [0.3, 0.4) is 0 Å². The van der Waals surface area contributed by atoms with Crippen LogP contribution < -0.4 is 10.1 Å². The molecule has 26 heavy (non-hydrogen) atoms. The number of amides is 1. The first-order valence-corrected chi connectivity index (χ1v) is 9.19. The van der Waals surface area contributed by atoms with Gasteiger partial charge in [0.1, 0.15) is 5.75 Å². The lowest BCUT2D eigenvalue weighted by molar-refractivity contribution is -0.150. The second-order valence-electron chi connectivity index (χ2n) is 5.79. The number of ether oxygens (including phenoxy) is 2. The first-order valence-electron chi connectivity index (χ1n) is 8.40. The standard InChI is InChI=1S/C20H22BrNO4/c1-3-15-4-10-18(11-5-15)25-13-20(24)26-12-19(23)22-14(2)16-6-8-17(21)9-7-16/h4-11,14H,3,12-13H2,1-2H3,(H,22,23)/t14-/m1/s1. The Morgan fingerprint density at radius 1 is 1.04 bits per heavy atom. The predicted octanol–water partition coefficient (Wildman–Crippen LogP) is 3.81. The van der Waals surface area contributed by atoms with Crippen LogP contribution in [0.2, 0.25) is 0 Å². The highest BCUT2D eigenvalue weighted by molar-refractivity contribution is 9.10. The Morgan fingerprint density at radius 3 is 2.31 bits per heavy atom. The lowest BCUT2D eigenvalue weighted by Crippen LogP contribution is -2.31. The molecule has 2 aromatic carbocycles. The van der Waals surface area contributed by atoms with Gasteiger partial charge in [0.2, 0.25) is 0 Å². The quantitative estimate of drug-likeness (QED) is 0.660. The van der Waals surface area contributed by atoms with Gasteiger partial charge in [-0.05, 0) is 48.7 Å². The van der Waals surface area contributed by atoms with E-state index in [1.807, 2.05) is 43.3 Å². The molecule has 1 amide bonds. The maximum atomic E-state index is 11.9. The first-order chi connectivity index (χ1) is 12.5. The first kappa shape index (κ1) is 20.0. The number of carbonyl (C=O) groups excluding carboxylic acids is 2. The van der Waals surface area contributed by atoms with Gasteiger partial charge in [-0.3, -0.25) is 4.79 Å². The smallest absolute Gasteiger partial charge is 0.344 e. The summed E-state index contributed by atoms with van der Waals surface area (Å²) in [5, 5.41) is 2.79. The minimum Gasteiger partial charge on any atom is -0.482 e. The van der Waals surface area contributed by atoms with Gasteiger partial charge in [0.05, 0.1) is 6.04 Å². The fourth-order valence-electron chi connectivity index (χ4n) is 2.27. The van der Waals surface area contributed by atoms with Gasteiger partial charge in [0, 0.05) is 4.47 Å². The average molecular weight is 420 g/mol. The molecule has 0 aliphatic heterocycles. The molecule has 5 nitrogen and oxygen atoms in total. The van der Waals surface area contributed by atoms with Gasteiger partial charge in [0.15, 0.2) is 13.2 Å². The highest BCUT2D eigenvalue weighted by atomic mass is 79.9. The van der Waals surface area contributed by atoms with Gasteiger partial charge in [0.25, 0.3) is 5.91 Å². The van der Waals surface area contributed by atoms with E-state index < -0.39 is 5.97 Å². The maximum Gasteiger partial charge on any atom is 0.344 e. The third-order valence-corrected chi connectivity index (χ3v) is 4.33. The van der Waals surface area contributed by atoms with Crippen molar-refractivity contribution in [3.05, 3.63) is 64.1 Å².